The van der Waals surface area contributed by atoms with Crippen molar-refractivity contribution >= 4 is 32.3 Å². The molecule has 1 aliphatic carbocycles. The smallest absolute Gasteiger partial charge is 0.161 e. The fourth-order valence-corrected chi connectivity index (χ4v) is 10.1. The van der Waals surface area contributed by atoms with E-state index in [1.165, 1.54) is 49.5 Å². The van der Waals surface area contributed by atoms with E-state index in [1.54, 1.807) is 0 Å². The fourth-order valence-electron chi connectivity index (χ4n) is 10.1. The van der Waals surface area contributed by atoms with E-state index in [9.17, 15) is 0 Å². The molecule has 1 aliphatic rings. The third-order valence-corrected chi connectivity index (χ3v) is 12.8. The van der Waals surface area contributed by atoms with E-state index < -0.39 is 5.41 Å². The first-order valence-corrected chi connectivity index (χ1v) is 21.0. The van der Waals surface area contributed by atoms with Crippen molar-refractivity contribution in [2.24, 2.45) is 0 Å². The molecule has 0 atom stereocenters. The number of aromatic nitrogens is 2. The van der Waals surface area contributed by atoms with Crippen LogP contribution in [0.3, 0.4) is 0 Å². The lowest BCUT2D eigenvalue weighted by Crippen LogP contribution is -2.28. The van der Waals surface area contributed by atoms with Crippen LogP contribution in [0.25, 0.3) is 88.5 Å². The first-order valence-electron chi connectivity index (χ1n) is 21.0. The van der Waals surface area contributed by atoms with Gasteiger partial charge in [-0.2, -0.15) is 0 Å². The Morgan fingerprint density at radius 3 is 1.62 bits per heavy atom. The van der Waals surface area contributed by atoms with Crippen molar-refractivity contribution in [3.63, 3.8) is 0 Å². The molecule has 0 saturated carbocycles. The van der Waals surface area contributed by atoms with Gasteiger partial charge in [0.2, 0.25) is 0 Å². The monoisotopic (exact) mass is 774 g/mol. The topological polar surface area (TPSA) is 25.8 Å². The van der Waals surface area contributed by atoms with Crippen LogP contribution in [-0.2, 0) is 5.41 Å². The van der Waals surface area contributed by atoms with Crippen LogP contribution in [0, 0.1) is 0 Å². The molecule has 10 aromatic carbocycles. The van der Waals surface area contributed by atoms with Crippen LogP contribution in [0.15, 0.2) is 231 Å². The lowest BCUT2D eigenvalue weighted by atomic mass is 9.67. The molecule has 0 N–H and O–H groups in total. The quantitative estimate of drug-likeness (QED) is 0.124. The first kappa shape index (κ1) is 35.0. The van der Waals surface area contributed by atoms with E-state index in [-0.39, 0.29) is 0 Å². The number of hydrogen-bond acceptors (Lipinski definition) is 2. The van der Waals surface area contributed by atoms with Crippen LogP contribution in [0.2, 0.25) is 0 Å². The molecule has 0 aliphatic heterocycles. The molecule has 284 valence electrons. The van der Waals surface area contributed by atoms with Gasteiger partial charge in [0.1, 0.15) is 0 Å². The molecule has 0 amide bonds. The Hall–Kier alpha value is -7.94. The van der Waals surface area contributed by atoms with Crippen LogP contribution < -0.4 is 0 Å². The van der Waals surface area contributed by atoms with Gasteiger partial charge in [0, 0.05) is 16.7 Å². The molecular formula is C59H38N2. The van der Waals surface area contributed by atoms with Crippen molar-refractivity contribution in [1.29, 1.82) is 0 Å². The van der Waals surface area contributed by atoms with Crippen LogP contribution >= 0.6 is 0 Å². The van der Waals surface area contributed by atoms with Crippen molar-refractivity contribution in [2.75, 3.05) is 0 Å². The summed E-state index contributed by atoms with van der Waals surface area (Å²) in [5.74, 6) is 0.702. The summed E-state index contributed by atoms with van der Waals surface area (Å²) in [6.07, 6.45) is 0. The maximum atomic E-state index is 5.64. The van der Waals surface area contributed by atoms with Crippen LogP contribution in [0.4, 0.5) is 0 Å². The van der Waals surface area contributed by atoms with Gasteiger partial charge in [-0.3, -0.25) is 0 Å². The summed E-state index contributed by atoms with van der Waals surface area (Å²) < 4.78 is 0. The lowest BCUT2D eigenvalue weighted by molar-refractivity contribution is 0.768. The molecule has 2 heteroatoms. The highest BCUT2D eigenvalue weighted by molar-refractivity contribution is 6.19. The zero-order valence-electron chi connectivity index (χ0n) is 33.3. The van der Waals surface area contributed by atoms with Crippen molar-refractivity contribution in [3.05, 3.63) is 253 Å². The zero-order valence-corrected chi connectivity index (χ0v) is 33.3. The summed E-state index contributed by atoms with van der Waals surface area (Å²) in [4.78, 5) is 11.2. The van der Waals surface area contributed by atoms with Gasteiger partial charge in [-0.05, 0) is 95.0 Å². The SMILES string of the molecule is c1ccc(-c2ccccc2-c2cc(-c3ccc4c(c3)C(c3ccccc3)(c3ccccc3)c3ccccc3-4)nc(-c3c4ccccc4cc4c3ccc3ccccc34)n2)cc1. The molecule has 0 unspecified atom stereocenters. The number of rotatable bonds is 6. The largest absolute Gasteiger partial charge is 0.228 e. The molecule has 0 fully saturated rings. The highest BCUT2D eigenvalue weighted by Gasteiger charge is 2.46. The van der Waals surface area contributed by atoms with Crippen molar-refractivity contribution < 1.29 is 0 Å². The molecule has 1 heterocycles. The summed E-state index contributed by atoms with van der Waals surface area (Å²) in [5.41, 5.74) is 14.1. The standard InChI is InChI=1S/C59H38N2/c1-4-18-39(19-5-1)45-26-14-15-30-50(45)56-38-55(60-58(61-56)57-47-28-13-11-21-41(47)36-52-46-27-12-10-20-40(46)32-35-51(52)57)42-33-34-49-48-29-16-17-31-53(48)59(54(49)37-42,43-22-6-2-7-23-43)44-24-8-3-9-25-44/h1-38H. The van der Waals surface area contributed by atoms with E-state index in [1.807, 2.05) is 0 Å². The number of hydrogen-bond donors (Lipinski definition) is 0. The second kappa shape index (κ2) is 14.1. The third-order valence-electron chi connectivity index (χ3n) is 12.8. The Labute approximate surface area is 355 Å². The van der Waals surface area contributed by atoms with Crippen LogP contribution in [0.5, 0.6) is 0 Å². The summed E-state index contributed by atoms with van der Waals surface area (Å²) in [6, 6.07) is 83.5. The van der Waals surface area contributed by atoms with Gasteiger partial charge in [-0.25, -0.2) is 9.97 Å². The first-order chi connectivity index (χ1) is 30.3. The maximum absolute atomic E-state index is 5.64. The summed E-state index contributed by atoms with van der Waals surface area (Å²) in [7, 11) is 0. The van der Waals surface area contributed by atoms with Crippen molar-refractivity contribution in [1.82, 2.24) is 9.97 Å². The van der Waals surface area contributed by atoms with E-state index in [4.69, 9.17) is 9.97 Å². The molecule has 0 radical (unpaired) electrons. The zero-order chi connectivity index (χ0) is 40.3. The average molecular weight is 775 g/mol. The van der Waals surface area contributed by atoms with E-state index in [2.05, 4.69) is 231 Å². The van der Waals surface area contributed by atoms with Gasteiger partial charge in [0.05, 0.1) is 16.8 Å². The molecule has 0 saturated heterocycles. The van der Waals surface area contributed by atoms with E-state index >= 15 is 0 Å². The second-order valence-corrected chi connectivity index (χ2v) is 16.0. The maximum Gasteiger partial charge on any atom is 0.161 e. The average Bonchev–Trinajstić information content (AvgIpc) is 3.64. The van der Waals surface area contributed by atoms with Gasteiger partial charge in [-0.15, -0.1) is 0 Å². The predicted octanol–water partition coefficient (Wildman–Crippen LogP) is 15.0. The highest BCUT2D eigenvalue weighted by atomic mass is 14.9. The molecule has 1 aromatic heterocycles. The number of nitrogens with zero attached hydrogens (tertiary/aromatic N) is 2. The molecule has 0 spiro atoms. The molecular weight excluding hydrogens is 737 g/mol. The van der Waals surface area contributed by atoms with Crippen molar-refractivity contribution in [2.45, 2.75) is 5.41 Å². The molecule has 2 nitrogen and oxygen atoms in total. The molecule has 12 rings (SSSR count). The summed E-state index contributed by atoms with van der Waals surface area (Å²) in [6.45, 7) is 0. The Balaban J connectivity index is 1.17. The number of fused-ring (bicyclic) bond motifs is 7. The summed E-state index contributed by atoms with van der Waals surface area (Å²) >= 11 is 0. The van der Waals surface area contributed by atoms with Crippen molar-refractivity contribution in [3.8, 4) is 56.2 Å². The third kappa shape index (κ3) is 5.50. The minimum absolute atomic E-state index is 0.532. The highest BCUT2D eigenvalue weighted by Crippen LogP contribution is 2.56. The predicted molar refractivity (Wildman–Crippen MR) is 254 cm³/mol. The Kier molecular flexibility index (Phi) is 8.11. The summed E-state index contributed by atoms with van der Waals surface area (Å²) in [5, 5.41) is 7.04. The van der Waals surface area contributed by atoms with Gasteiger partial charge in [0.25, 0.3) is 0 Å². The molecule has 11 aromatic rings. The van der Waals surface area contributed by atoms with Gasteiger partial charge >= 0.3 is 0 Å². The molecule has 0 bridgehead atoms. The van der Waals surface area contributed by atoms with Gasteiger partial charge < -0.3 is 0 Å². The van der Waals surface area contributed by atoms with E-state index in [0.29, 0.717) is 5.82 Å². The number of benzene rings is 10. The van der Waals surface area contributed by atoms with Crippen LogP contribution in [0.1, 0.15) is 22.3 Å². The minimum Gasteiger partial charge on any atom is -0.228 e. The Bertz CT molecular complexity index is 3420. The van der Waals surface area contributed by atoms with Gasteiger partial charge in [0.15, 0.2) is 5.82 Å². The van der Waals surface area contributed by atoms with Crippen LogP contribution in [-0.4, -0.2) is 9.97 Å². The lowest BCUT2D eigenvalue weighted by Gasteiger charge is -2.34. The van der Waals surface area contributed by atoms with Gasteiger partial charge in [-0.1, -0.05) is 212 Å². The second-order valence-electron chi connectivity index (χ2n) is 16.0. The minimum atomic E-state index is -0.532. The molecule has 61 heavy (non-hydrogen) atoms. The Morgan fingerprint density at radius 1 is 0.295 bits per heavy atom. The Morgan fingerprint density at radius 2 is 0.869 bits per heavy atom. The van der Waals surface area contributed by atoms with E-state index in [0.717, 1.165) is 55.4 Å². The fraction of sp³-hybridized carbons (Fsp3) is 0.0169. The normalized spacial score (nSPS) is 12.7.